The Hall–Kier alpha value is -2.73. The van der Waals surface area contributed by atoms with Gasteiger partial charge in [0, 0.05) is 37.4 Å². The van der Waals surface area contributed by atoms with Gasteiger partial charge in [-0.3, -0.25) is 4.90 Å². The highest BCUT2D eigenvalue weighted by Gasteiger charge is 2.17. The van der Waals surface area contributed by atoms with Gasteiger partial charge in [-0.25, -0.2) is 13.8 Å². The van der Waals surface area contributed by atoms with Crippen LogP contribution in [0.4, 0.5) is 14.5 Å². The Morgan fingerprint density at radius 2 is 1.56 bits per heavy atom. The van der Waals surface area contributed by atoms with Gasteiger partial charge in [0.1, 0.15) is 11.6 Å². The molecule has 1 aromatic heterocycles. The fourth-order valence-corrected chi connectivity index (χ4v) is 3.36. The zero-order valence-electron chi connectivity index (χ0n) is 14.9. The van der Waals surface area contributed by atoms with Gasteiger partial charge in [-0.05, 0) is 55.0 Å². The highest BCUT2D eigenvalue weighted by molar-refractivity contribution is 5.55. The van der Waals surface area contributed by atoms with Gasteiger partial charge < -0.3 is 9.32 Å². The van der Waals surface area contributed by atoms with Gasteiger partial charge in [-0.15, -0.1) is 0 Å². The molecule has 0 radical (unpaired) electrons. The molecule has 3 aromatic rings. The van der Waals surface area contributed by atoms with E-state index in [-0.39, 0.29) is 11.6 Å². The van der Waals surface area contributed by atoms with Gasteiger partial charge in [0.05, 0.1) is 12.7 Å². The molecule has 0 aliphatic carbocycles. The maximum atomic E-state index is 13.1. The Kier molecular flexibility index (Phi) is 5.16. The van der Waals surface area contributed by atoms with Crippen molar-refractivity contribution in [3.8, 4) is 11.3 Å². The van der Waals surface area contributed by atoms with E-state index in [0.29, 0.717) is 18.2 Å². The van der Waals surface area contributed by atoms with Crippen molar-refractivity contribution >= 4 is 5.69 Å². The minimum absolute atomic E-state index is 0.212. The highest BCUT2D eigenvalue weighted by atomic mass is 19.1. The zero-order chi connectivity index (χ0) is 18.6. The SMILES string of the molecule is Fc1ccc(-c2cnc(CN3CCCN(c4ccc(F)cc4)CC3)o2)cc1. The minimum atomic E-state index is -0.270. The molecule has 4 nitrogen and oxygen atoms in total. The summed E-state index contributed by atoms with van der Waals surface area (Å²) in [5.74, 6) is 0.821. The van der Waals surface area contributed by atoms with Crippen LogP contribution in [-0.2, 0) is 6.54 Å². The van der Waals surface area contributed by atoms with Crippen LogP contribution in [0.25, 0.3) is 11.3 Å². The van der Waals surface area contributed by atoms with E-state index in [1.807, 2.05) is 12.1 Å². The van der Waals surface area contributed by atoms with E-state index >= 15 is 0 Å². The van der Waals surface area contributed by atoms with E-state index in [2.05, 4.69) is 14.8 Å². The highest BCUT2D eigenvalue weighted by Crippen LogP contribution is 2.22. The average Bonchev–Trinajstić information content (AvgIpc) is 3.01. The first-order valence-electron chi connectivity index (χ1n) is 9.11. The van der Waals surface area contributed by atoms with Crippen LogP contribution in [0.3, 0.4) is 0 Å². The second kappa shape index (κ2) is 7.88. The summed E-state index contributed by atoms with van der Waals surface area (Å²) in [6, 6.07) is 12.9. The summed E-state index contributed by atoms with van der Waals surface area (Å²) in [6.07, 6.45) is 2.70. The van der Waals surface area contributed by atoms with Crippen LogP contribution < -0.4 is 4.90 Å². The summed E-state index contributed by atoms with van der Waals surface area (Å²) in [6.45, 7) is 4.28. The molecule has 2 aromatic carbocycles. The average molecular weight is 369 g/mol. The summed E-state index contributed by atoms with van der Waals surface area (Å²) in [5, 5.41) is 0. The van der Waals surface area contributed by atoms with Crippen molar-refractivity contribution in [2.45, 2.75) is 13.0 Å². The summed E-state index contributed by atoms with van der Waals surface area (Å²) < 4.78 is 32.0. The number of hydrogen-bond acceptors (Lipinski definition) is 4. The molecule has 27 heavy (non-hydrogen) atoms. The van der Waals surface area contributed by atoms with Gasteiger partial charge in [0.25, 0.3) is 0 Å². The molecule has 1 fully saturated rings. The fourth-order valence-electron chi connectivity index (χ4n) is 3.36. The zero-order valence-corrected chi connectivity index (χ0v) is 14.9. The largest absolute Gasteiger partial charge is 0.439 e. The second-order valence-corrected chi connectivity index (χ2v) is 6.72. The van der Waals surface area contributed by atoms with E-state index in [0.717, 1.165) is 43.9 Å². The maximum Gasteiger partial charge on any atom is 0.209 e. The number of benzene rings is 2. The first kappa shape index (κ1) is 17.7. The van der Waals surface area contributed by atoms with Crippen molar-refractivity contribution in [1.82, 2.24) is 9.88 Å². The Bertz CT molecular complexity index is 877. The molecule has 6 heteroatoms. The monoisotopic (exact) mass is 369 g/mol. The maximum absolute atomic E-state index is 13.1. The molecule has 0 amide bonds. The molecule has 0 saturated carbocycles. The predicted molar refractivity (Wildman–Crippen MR) is 100 cm³/mol. The standard InChI is InChI=1S/C21H21F2N3O/c22-17-4-2-16(3-5-17)20-14-24-21(27-20)15-25-10-1-11-26(13-12-25)19-8-6-18(23)7-9-19/h2-9,14H,1,10-13,15H2. The second-order valence-electron chi connectivity index (χ2n) is 6.72. The number of halogens is 2. The predicted octanol–water partition coefficient (Wildman–Crippen LogP) is 4.33. The Morgan fingerprint density at radius 3 is 2.30 bits per heavy atom. The number of anilines is 1. The topological polar surface area (TPSA) is 32.5 Å². The van der Waals surface area contributed by atoms with Crippen molar-refractivity contribution in [2.75, 3.05) is 31.1 Å². The quantitative estimate of drug-likeness (QED) is 0.685. The smallest absolute Gasteiger partial charge is 0.209 e. The van der Waals surface area contributed by atoms with Crippen LogP contribution >= 0.6 is 0 Å². The van der Waals surface area contributed by atoms with Crippen molar-refractivity contribution in [3.63, 3.8) is 0 Å². The Balaban J connectivity index is 1.37. The van der Waals surface area contributed by atoms with Crippen LogP contribution in [-0.4, -0.2) is 36.1 Å². The Labute approximate surface area is 157 Å². The third kappa shape index (κ3) is 4.34. The molecule has 1 aliphatic heterocycles. The number of aromatic nitrogens is 1. The molecule has 4 rings (SSSR count). The lowest BCUT2D eigenvalue weighted by Gasteiger charge is -2.23. The van der Waals surface area contributed by atoms with E-state index in [4.69, 9.17) is 4.42 Å². The molecule has 0 spiro atoms. The van der Waals surface area contributed by atoms with Crippen molar-refractivity contribution < 1.29 is 13.2 Å². The third-order valence-electron chi connectivity index (χ3n) is 4.82. The van der Waals surface area contributed by atoms with Crippen LogP contribution in [0, 0.1) is 11.6 Å². The normalized spacial score (nSPS) is 15.7. The number of rotatable bonds is 4. The van der Waals surface area contributed by atoms with E-state index in [1.165, 1.54) is 24.3 Å². The summed E-state index contributed by atoms with van der Waals surface area (Å²) >= 11 is 0. The van der Waals surface area contributed by atoms with Crippen LogP contribution in [0.2, 0.25) is 0 Å². The number of nitrogens with zero attached hydrogens (tertiary/aromatic N) is 3. The molecule has 0 atom stereocenters. The lowest BCUT2D eigenvalue weighted by Crippen LogP contribution is -2.30. The summed E-state index contributed by atoms with van der Waals surface area (Å²) in [4.78, 5) is 8.96. The number of hydrogen-bond donors (Lipinski definition) is 0. The van der Waals surface area contributed by atoms with Crippen molar-refractivity contribution in [1.29, 1.82) is 0 Å². The lowest BCUT2D eigenvalue weighted by molar-refractivity contribution is 0.256. The van der Waals surface area contributed by atoms with Gasteiger partial charge in [0.15, 0.2) is 5.76 Å². The molecule has 1 saturated heterocycles. The van der Waals surface area contributed by atoms with E-state index < -0.39 is 0 Å². The molecule has 0 bridgehead atoms. The van der Waals surface area contributed by atoms with Crippen molar-refractivity contribution in [3.05, 3.63) is 72.3 Å². The van der Waals surface area contributed by atoms with Crippen molar-refractivity contribution in [2.24, 2.45) is 0 Å². The Morgan fingerprint density at radius 1 is 0.852 bits per heavy atom. The molecule has 2 heterocycles. The van der Waals surface area contributed by atoms with E-state index in [1.54, 1.807) is 18.3 Å². The third-order valence-corrected chi connectivity index (χ3v) is 4.82. The van der Waals surface area contributed by atoms with Crippen LogP contribution in [0.1, 0.15) is 12.3 Å². The molecule has 0 N–H and O–H groups in total. The summed E-state index contributed by atoms with van der Waals surface area (Å²) in [7, 11) is 0. The molecular weight excluding hydrogens is 348 g/mol. The first-order valence-corrected chi connectivity index (χ1v) is 9.11. The minimum Gasteiger partial charge on any atom is -0.439 e. The van der Waals surface area contributed by atoms with Gasteiger partial charge in [0.2, 0.25) is 5.89 Å². The fraction of sp³-hybridized carbons (Fsp3) is 0.286. The van der Waals surface area contributed by atoms with Gasteiger partial charge in [-0.2, -0.15) is 0 Å². The van der Waals surface area contributed by atoms with Crippen LogP contribution in [0.15, 0.2) is 59.1 Å². The van der Waals surface area contributed by atoms with Crippen LogP contribution in [0.5, 0.6) is 0 Å². The molecule has 0 unspecified atom stereocenters. The van der Waals surface area contributed by atoms with E-state index in [9.17, 15) is 8.78 Å². The molecular formula is C21H21F2N3O. The van der Waals surface area contributed by atoms with Gasteiger partial charge in [-0.1, -0.05) is 0 Å². The molecule has 1 aliphatic rings. The summed E-state index contributed by atoms with van der Waals surface area (Å²) in [5.41, 5.74) is 1.86. The van der Waals surface area contributed by atoms with Gasteiger partial charge >= 0.3 is 0 Å². The lowest BCUT2D eigenvalue weighted by atomic mass is 10.2. The first-order chi connectivity index (χ1) is 13.2. The number of oxazole rings is 1. The molecule has 140 valence electrons.